The van der Waals surface area contributed by atoms with E-state index in [2.05, 4.69) is 0 Å². The summed E-state index contributed by atoms with van der Waals surface area (Å²) in [5.41, 5.74) is 6.15. The van der Waals surface area contributed by atoms with Gasteiger partial charge in [-0.15, -0.1) is 0 Å². The number of benzene rings is 2. The molecule has 0 bridgehead atoms. The van der Waals surface area contributed by atoms with E-state index in [4.69, 9.17) is 11.0 Å². The Hall–Kier alpha value is -3.32. The molecule has 1 amide bonds. The Morgan fingerprint density at radius 1 is 1.09 bits per heavy atom. The molecule has 170 valence electrons. The van der Waals surface area contributed by atoms with Crippen molar-refractivity contribution in [3.05, 3.63) is 71.1 Å². The number of nitrogens with zero attached hydrogens (tertiary/aromatic N) is 2. The average Bonchev–Trinajstić information content (AvgIpc) is 2.72. The Morgan fingerprint density at radius 2 is 1.66 bits per heavy atom. The first-order chi connectivity index (χ1) is 14.8. The summed E-state index contributed by atoms with van der Waals surface area (Å²) >= 11 is 0. The largest absolute Gasteiger partial charge is 0.471 e. The molecule has 0 saturated heterocycles. The maximum atomic E-state index is 13.2. The lowest BCUT2D eigenvalue weighted by molar-refractivity contribution is -0.186. The number of hydrogen-bond acceptors (Lipinski definition) is 5. The van der Waals surface area contributed by atoms with Crippen LogP contribution in [0.25, 0.3) is 0 Å². The van der Waals surface area contributed by atoms with Gasteiger partial charge in [0.15, 0.2) is 0 Å². The van der Waals surface area contributed by atoms with Crippen molar-refractivity contribution in [3.63, 3.8) is 0 Å². The third-order valence-corrected chi connectivity index (χ3v) is 6.18. The molecule has 0 aliphatic heterocycles. The number of hydrogen-bond donors (Lipinski definition) is 1. The zero-order chi connectivity index (χ0) is 24.2. The van der Waals surface area contributed by atoms with E-state index < -0.39 is 27.3 Å². The van der Waals surface area contributed by atoms with Crippen LogP contribution in [0.15, 0.2) is 64.9 Å². The fourth-order valence-corrected chi connectivity index (χ4v) is 4.00. The maximum absolute atomic E-state index is 13.2. The molecule has 0 atom stereocenters. The zero-order valence-corrected chi connectivity index (χ0v) is 18.2. The number of nitrogens with two attached hydrogens (primary N) is 1. The second-order valence-electron chi connectivity index (χ2n) is 7.79. The number of halogens is 3. The average molecular weight is 465 g/mol. The van der Waals surface area contributed by atoms with E-state index in [9.17, 15) is 26.4 Å². The van der Waals surface area contributed by atoms with Gasteiger partial charge in [0.1, 0.15) is 0 Å². The highest BCUT2D eigenvalue weighted by Crippen LogP contribution is 2.29. The van der Waals surface area contributed by atoms with Gasteiger partial charge in [0.05, 0.1) is 11.0 Å². The lowest BCUT2D eigenvalue weighted by Gasteiger charge is -2.34. The molecule has 0 fully saturated rings. The molecule has 32 heavy (non-hydrogen) atoms. The Labute approximate surface area is 184 Å². The van der Waals surface area contributed by atoms with Crippen LogP contribution in [0.3, 0.4) is 0 Å². The van der Waals surface area contributed by atoms with Crippen LogP contribution in [0.4, 0.5) is 18.9 Å². The standard InChI is InChI=1S/C22H22F3N3O3S/c1-21(2,17-6-10-19(11-7-17)32(30,31)13-3-12-26)15-28(20(29)22(23,24)25)14-16-4-8-18(27)9-5-16/h3-11,13H,14-15,27H2,1-2H3. The van der Waals surface area contributed by atoms with Crippen molar-refractivity contribution >= 4 is 21.4 Å². The van der Waals surface area contributed by atoms with Crippen molar-refractivity contribution in [1.29, 1.82) is 5.26 Å². The lowest BCUT2D eigenvalue weighted by atomic mass is 9.84. The van der Waals surface area contributed by atoms with Gasteiger partial charge in [0.25, 0.3) is 0 Å². The van der Waals surface area contributed by atoms with E-state index in [-0.39, 0.29) is 18.0 Å². The van der Waals surface area contributed by atoms with Crippen LogP contribution >= 0.6 is 0 Å². The Bertz CT molecular complexity index is 1130. The molecule has 0 radical (unpaired) electrons. The molecule has 0 unspecified atom stereocenters. The first kappa shape index (κ1) is 24.9. The molecule has 0 aliphatic carbocycles. The summed E-state index contributed by atoms with van der Waals surface area (Å²) in [5, 5.41) is 9.28. The quantitative estimate of drug-likeness (QED) is 0.493. The van der Waals surface area contributed by atoms with E-state index >= 15 is 0 Å². The van der Waals surface area contributed by atoms with Crippen molar-refractivity contribution in [2.24, 2.45) is 0 Å². The van der Waals surface area contributed by atoms with Crippen molar-refractivity contribution in [3.8, 4) is 6.07 Å². The first-order valence-electron chi connectivity index (χ1n) is 9.38. The van der Waals surface area contributed by atoms with Gasteiger partial charge in [-0.05, 0) is 35.4 Å². The predicted octanol–water partition coefficient (Wildman–Crippen LogP) is 3.95. The maximum Gasteiger partial charge on any atom is 0.471 e. The number of amides is 1. The minimum absolute atomic E-state index is 0.0614. The number of carbonyl (C=O) groups excluding carboxylic acids is 1. The molecular formula is C22H22F3N3O3S. The summed E-state index contributed by atoms with van der Waals surface area (Å²) < 4.78 is 63.9. The topological polar surface area (TPSA) is 104 Å². The smallest absolute Gasteiger partial charge is 0.399 e. The summed E-state index contributed by atoms with van der Waals surface area (Å²) in [6.07, 6.45) is -4.21. The molecule has 0 heterocycles. The Morgan fingerprint density at radius 3 is 2.16 bits per heavy atom. The number of anilines is 1. The molecule has 2 N–H and O–H groups in total. The SMILES string of the molecule is CC(C)(CN(Cc1ccc(N)cc1)C(=O)C(F)(F)F)c1ccc(S(=O)(=O)C=CC#N)cc1. The highest BCUT2D eigenvalue weighted by Gasteiger charge is 2.44. The van der Waals surface area contributed by atoms with Gasteiger partial charge >= 0.3 is 12.1 Å². The van der Waals surface area contributed by atoms with Gasteiger partial charge in [-0.3, -0.25) is 4.79 Å². The summed E-state index contributed by atoms with van der Waals surface area (Å²) in [7, 11) is -3.81. The second-order valence-corrected chi connectivity index (χ2v) is 9.62. The highest BCUT2D eigenvalue weighted by molar-refractivity contribution is 7.94. The molecular weight excluding hydrogens is 443 g/mol. The van der Waals surface area contributed by atoms with Crippen molar-refractivity contribution < 1.29 is 26.4 Å². The van der Waals surface area contributed by atoms with Crippen molar-refractivity contribution in [2.75, 3.05) is 12.3 Å². The Kier molecular flexibility index (Phi) is 7.36. The van der Waals surface area contributed by atoms with Crippen LogP contribution in [0.5, 0.6) is 0 Å². The number of alkyl halides is 3. The van der Waals surface area contributed by atoms with Crippen LogP contribution in [-0.2, 0) is 26.6 Å². The third kappa shape index (κ3) is 6.34. The minimum atomic E-state index is -5.05. The Balaban J connectivity index is 2.32. The molecule has 2 aromatic rings. The van der Waals surface area contributed by atoms with Crippen LogP contribution in [0, 0.1) is 11.3 Å². The molecule has 0 aromatic heterocycles. The zero-order valence-electron chi connectivity index (χ0n) is 17.4. The molecule has 0 saturated carbocycles. The van der Waals surface area contributed by atoms with Gasteiger partial charge in [-0.2, -0.15) is 18.4 Å². The summed E-state index contributed by atoms with van der Waals surface area (Å²) in [6.45, 7) is 2.78. The highest BCUT2D eigenvalue weighted by atomic mass is 32.2. The molecule has 2 rings (SSSR count). The van der Waals surface area contributed by atoms with E-state index in [1.807, 2.05) is 0 Å². The van der Waals surface area contributed by atoms with Gasteiger partial charge < -0.3 is 10.6 Å². The van der Waals surface area contributed by atoms with Gasteiger partial charge in [0.2, 0.25) is 9.84 Å². The normalized spacial score (nSPS) is 12.5. The van der Waals surface area contributed by atoms with Gasteiger partial charge in [-0.25, -0.2) is 8.42 Å². The van der Waals surface area contributed by atoms with Crippen LogP contribution in [0.1, 0.15) is 25.0 Å². The number of allylic oxidation sites excluding steroid dienone is 1. The molecule has 2 aromatic carbocycles. The molecule has 6 nitrogen and oxygen atoms in total. The van der Waals surface area contributed by atoms with Crippen molar-refractivity contribution in [2.45, 2.75) is 36.9 Å². The number of nitrogen functional groups attached to an aromatic ring is 1. The molecule has 0 spiro atoms. The summed E-state index contributed by atoms with van der Waals surface area (Å²) in [6, 6.07) is 13.4. The summed E-state index contributed by atoms with van der Waals surface area (Å²) in [5.74, 6) is -1.97. The fraction of sp³-hybridized carbons (Fsp3) is 0.273. The second kappa shape index (κ2) is 9.44. The number of nitriles is 1. The van der Waals surface area contributed by atoms with Crippen LogP contribution in [-0.4, -0.2) is 31.9 Å². The lowest BCUT2D eigenvalue weighted by Crippen LogP contribution is -2.46. The number of sulfone groups is 1. The van der Waals surface area contributed by atoms with E-state index in [1.54, 1.807) is 32.0 Å². The molecule has 10 heteroatoms. The van der Waals surface area contributed by atoms with E-state index in [1.165, 1.54) is 36.4 Å². The van der Waals surface area contributed by atoms with Crippen LogP contribution < -0.4 is 5.73 Å². The van der Waals surface area contributed by atoms with Crippen LogP contribution in [0.2, 0.25) is 0 Å². The van der Waals surface area contributed by atoms with Gasteiger partial charge in [0, 0.05) is 35.7 Å². The van der Waals surface area contributed by atoms with Crippen molar-refractivity contribution in [1.82, 2.24) is 4.90 Å². The minimum Gasteiger partial charge on any atom is -0.399 e. The van der Waals surface area contributed by atoms with E-state index in [0.29, 0.717) is 21.7 Å². The summed E-state index contributed by atoms with van der Waals surface area (Å²) in [4.78, 5) is 12.7. The third-order valence-electron chi connectivity index (χ3n) is 4.76. The molecule has 0 aliphatic rings. The number of rotatable bonds is 7. The first-order valence-corrected chi connectivity index (χ1v) is 10.9. The monoisotopic (exact) mass is 465 g/mol. The number of carbonyl (C=O) groups is 1. The fourth-order valence-electron chi connectivity index (χ4n) is 3.09. The van der Waals surface area contributed by atoms with Gasteiger partial charge in [-0.1, -0.05) is 38.1 Å². The predicted molar refractivity (Wildman–Crippen MR) is 114 cm³/mol. The van der Waals surface area contributed by atoms with E-state index in [0.717, 1.165) is 11.5 Å².